The van der Waals surface area contributed by atoms with Gasteiger partial charge in [0.1, 0.15) is 11.4 Å². The van der Waals surface area contributed by atoms with Gasteiger partial charge in [-0.1, -0.05) is 12.1 Å². The highest BCUT2D eigenvalue weighted by molar-refractivity contribution is 6.03. The van der Waals surface area contributed by atoms with Crippen molar-refractivity contribution in [1.29, 1.82) is 0 Å². The van der Waals surface area contributed by atoms with Gasteiger partial charge in [-0.3, -0.25) is 9.69 Å². The molecule has 0 radical (unpaired) electrons. The van der Waals surface area contributed by atoms with E-state index in [1.54, 1.807) is 26.1 Å². The van der Waals surface area contributed by atoms with E-state index in [2.05, 4.69) is 44.4 Å². The quantitative estimate of drug-likeness (QED) is 0.517. The van der Waals surface area contributed by atoms with Crippen LogP contribution in [-0.2, 0) is 0 Å². The molecule has 1 aromatic heterocycles. The molecule has 0 atom stereocenters. The summed E-state index contributed by atoms with van der Waals surface area (Å²) in [6.07, 6.45) is 1.19. The van der Waals surface area contributed by atoms with E-state index in [0.29, 0.717) is 5.69 Å². The van der Waals surface area contributed by atoms with Crippen molar-refractivity contribution in [3.8, 4) is 16.9 Å². The lowest BCUT2D eigenvalue weighted by atomic mass is 10.00. The molecule has 176 valence electrons. The number of hydrogen-bond donors (Lipinski definition) is 2. The van der Waals surface area contributed by atoms with Crippen LogP contribution in [0.4, 0.5) is 5.69 Å². The van der Waals surface area contributed by atoms with Crippen LogP contribution >= 0.6 is 0 Å². The van der Waals surface area contributed by atoms with Gasteiger partial charge in [-0.15, -0.1) is 0 Å². The first-order chi connectivity index (χ1) is 16.0. The lowest BCUT2D eigenvalue weighted by molar-refractivity contribution is 0.0823. The number of rotatable bonds is 8. The zero-order chi connectivity index (χ0) is 23.4. The molecule has 2 N–H and O–H groups in total. The number of benzene rings is 2. The zero-order valence-corrected chi connectivity index (χ0v) is 20.1. The van der Waals surface area contributed by atoms with E-state index >= 15 is 0 Å². The smallest absolute Gasteiger partial charge is 0.269 e. The number of aromatic amines is 1. The number of piperazine rings is 1. The minimum absolute atomic E-state index is 0.0374. The third-order valence-electron chi connectivity index (χ3n) is 6.41. The van der Waals surface area contributed by atoms with Crippen molar-refractivity contribution < 1.29 is 9.53 Å². The van der Waals surface area contributed by atoms with E-state index in [4.69, 9.17) is 4.74 Å². The van der Waals surface area contributed by atoms with Gasteiger partial charge in [0.25, 0.3) is 5.91 Å². The van der Waals surface area contributed by atoms with Gasteiger partial charge >= 0.3 is 0 Å². The van der Waals surface area contributed by atoms with Crippen LogP contribution in [0.15, 0.2) is 42.5 Å². The minimum Gasteiger partial charge on any atom is -0.496 e. The Kier molecular flexibility index (Phi) is 7.20. The van der Waals surface area contributed by atoms with Crippen LogP contribution < -0.4 is 15.0 Å². The number of fused-ring (bicyclic) bond motifs is 1. The molecule has 2 heterocycles. The van der Waals surface area contributed by atoms with E-state index < -0.39 is 0 Å². The summed E-state index contributed by atoms with van der Waals surface area (Å²) in [6, 6.07) is 14.5. The van der Waals surface area contributed by atoms with Crippen LogP contribution in [0.2, 0.25) is 0 Å². The molecule has 1 aliphatic heterocycles. The third-order valence-corrected chi connectivity index (χ3v) is 6.41. The number of ether oxygens (including phenoxy) is 1. The van der Waals surface area contributed by atoms with Crippen LogP contribution in [0.5, 0.6) is 5.75 Å². The Morgan fingerprint density at radius 2 is 1.88 bits per heavy atom. The first kappa shape index (κ1) is 23.1. The molecule has 7 nitrogen and oxygen atoms in total. The van der Waals surface area contributed by atoms with E-state index in [9.17, 15) is 4.79 Å². The Labute approximate surface area is 196 Å². The van der Waals surface area contributed by atoms with Gasteiger partial charge in [-0.05, 0) is 56.4 Å². The van der Waals surface area contributed by atoms with Gasteiger partial charge in [-0.25, -0.2) is 0 Å². The summed E-state index contributed by atoms with van der Waals surface area (Å²) in [5.74, 6) is 0.808. The maximum Gasteiger partial charge on any atom is 0.269 e. The molecule has 1 amide bonds. The van der Waals surface area contributed by atoms with Gasteiger partial charge in [0.15, 0.2) is 0 Å². The van der Waals surface area contributed by atoms with Crippen LogP contribution in [0.3, 0.4) is 0 Å². The molecule has 3 aromatic rings. The highest BCUT2D eigenvalue weighted by Crippen LogP contribution is 2.38. The number of methoxy groups -OCH3 is 1. The molecule has 1 aliphatic rings. The molecule has 33 heavy (non-hydrogen) atoms. The standard InChI is InChI=1S/C26H35N5O2/c1-27-11-6-12-30-13-15-31(16-14-30)19-9-10-21(25(17-19)33-4)20-7-5-8-23-22(20)18-24(28-23)26(32)29(2)3/h5,7-10,17-18,27-28H,6,11-16H2,1-4H3. The second kappa shape index (κ2) is 10.3. The Balaban J connectivity index is 1.57. The number of amides is 1. The van der Waals surface area contributed by atoms with Crippen molar-refractivity contribution in [3.05, 3.63) is 48.2 Å². The third kappa shape index (κ3) is 4.99. The average Bonchev–Trinajstić information content (AvgIpc) is 3.28. The normalized spacial score (nSPS) is 14.6. The summed E-state index contributed by atoms with van der Waals surface area (Å²) in [5.41, 5.74) is 4.80. The molecule has 0 bridgehead atoms. The van der Waals surface area contributed by atoms with Crippen molar-refractivity contribution in [2.24, 2.45) is 0 Å². The molecular formula is C26H35N5O2. The van der Waals surface area contributed by atoms with E-state index in [0.717, 1.165) is 67.0 Å². The second-order valence-corrected chi connectivity index (χ2v) is 8.82. The fraction of sp³-hybridized carbons (Fsp3) is 0.423. The SMILES string of the molecule is CNCCCN1CCN(c2ccc(-c3cccc4[nH]c(C(=O)N(C)C)cc34)c(OC)c2)CC1. The number of nitrogens with zero attached hydrogens (tertiary/aromatic N) is 3. The summed E-state index contributed by atoms with van der Waals surface area (Å²) >= 11 is 0. The molecule has 4 rings (SSSR count). The highest BCUT2D eigenvalue weighted by Gasteiger charge is 2.20. The Bertz CT molecular complexity index is 1100. The molecular weight excluding hydrogens is 414 g/mol. The van der Waals surface area contributed by atoms with Crippen molar-refractivity contribution in [1.82, 2.24) is 20.1 Å². The van der Waals surface area contributed by atoms with Gasteiger partial charge in [0.05, 0.1) is 7.11 Å². The summed E-state index contributed by atoms with van der Waals surface area (Å²) in [5, 5.41) is 4.24. The van der Waals surface area contributed by atoms with Crippen molar-refractivity contribution in [2.45, 2.75) is 6.42 Å². The zero-order valence-electron chi connectivity index (χ0n) is 20.1. The van der Waals surface area contributed by atoms with Crippen LogP contribution in [0.25, 0.3) is 22.0 Å². The van der Waals surface area contributed by atoms with Crippen molar-refractivity contribution >= 4 is 22.5 Å². The largest absolute Gasteiger partial charge is 0.496 e. The first-order valence-electron chi connectivity index (χ1n) is 11.7. The van der Waals surface area contributed by atoms with Gasteiger partial charge in [-0.2, -0.15) is 0 Å². The molecule has 2 aromatic carbocycles. The summed E-state index contributed by atoms with van der Waals surface area (Å²) in [6.45, 7) is 6.42. The summed E-state index contributed by atoms with van der Waals surface area (Å²) in [7, 11) is 7.26. The molecule has 1 fully saturated rings. The fourth-order valence-corrected chi connectivity index (χ4v) is 4.55. The van der Waals surface area contributed by atoms with E-state index in [-0.39, 0.29) is 5.91 Å². The number of H-pyrrole nitrogens is 1. The lowest BCUT2D eigenvalue weighted by Crippen LogP contribution is -2.46. The number of carbonyl (C=O) groups is 1. The van der Waals surface area contributed by atoms with Gasteiger partial charge in [0, 0.05) is 68.5 Å². The number of anilines is 1. The van der Waals surface area contributed by atoms with Crippen LogP contribution in [0.1, 0.15) is 16.9 Å². The molecule has 0 aliphatic carbocycles. The van der Waals surface area contributed by atoms with Gasteiger partial charge in [0.2, 0.25) is 0 Å². The maximum atomic E-state index is 12.5. The molecule has 1 saturated heterocycles. The lowest BCUT2D eigenvalue weighted by Gasteiger charge is -2.36. The minimum atomic E-state index is -0.0374. The second-order valence-electron chi connectivity index (χ2n) is 8.82. The number of hydrogen-bond acceptors (Lipinski definition) is 5. The number of aromatic nitrogens is 1. The Morgan fingerprint density at radius 1 is 1.09 bits per heavy atom. The predicted octanol–water partition coefficient (Wildman–Crippen LogP) is 3.28. The molecule has 0 spiro atoms. The maximum absolute atomic E-state index is 12.5. The van der Waals surface area contributed by atoms with Crippen LogP contribution in [0, 0.1) is 0 Å². The topological polar surface area (TPSA) is 63.8 Å². The predicted molar refractivity (Wildman–Crippen MR) is 136 cm³/mol. The van der Waals surface area contributed by atoms with E-state index in [1.165, 1.54) is 12.1 Å². The highest BCUT2D eigenvalue weighted by atomic mass is 16.5. The first-order valence-corrected chi connectivity index (χ1v) is 11.7. The van der Waals surface area contributed by atoms with E-state index in [1.807, 2.05) is 25.2 Å². The monoisotopic (exact) mass is 449 g/mol. The summed E-state index contributed by atoms with van der Waals surface area (Å²) in [4.78, 5) is 22.3. The Hall–Kier alpha value is -3.03. The average molecular weight is 450 g/mol. The summed E-state index contributed by atoms with van der Waals surface area (Å²) < 4.78 is 5.83. The van der Waals surface area contributed by atoms with Crippen molar-refractivity contribution in [2.75, 3.05) is 72.4 Å². The molecule has 7 heteroatoms. The van der Waals surface area contributed by atoms with Crippen LogP contribution in [-0.4, -0.2) is 88.2 Å². The Morgan fingerprint density at radius 3 is 2.58 bits per heavy atom. The molecule has 0 saturated carbocycles. The molecule has 0 unspecified atom stereocenters. The number of nitrogens with one attached hydrogen (secondary N) is 2. The van der Waals surface area contributed by atoms with Crippen molar-refractivity contribution in [3.63, 3.8) is 0 Å². The van der Waals surface area contributed by atoms with Gasteiger partial charge < -0.3 is 24.8 Å². The number of carbonyl (C=O) groups excluding carboxylic acids is 1. The fourth-order valence-electron chi connectivity index (χ4n) is 4.55.